The van der Waals surface area contributed by atoms with E-state index in [2.05, 4.69) is 45.2 Å². The SMILES string of the molecule is CSc1ccc(CN2CCN(CCN3C[C@H]4CC[C@@H]3C4)CC2)cc1. The molecular formula is C20H31N3S. The van der Waals surface area contributed by atoms with Crippen LogP contribution >= 0.6 is 11.8 Å². The Morgan fingerprint density at radius 2 is 1.71 bits per heavy atom. The molecule has 24 heavy (non-hydrogen) atoms. The first-order valence-electron chi connectivity index (χ1n) is 9.62. The van der Waals surface area contributed by atoms with Gasteiger partial charge in [-0.25, -0.2) is 0 Å². The molecule has 3 nitrogen and oxygen atoms in total. The summed E-state index contributed by atoms with van der Waals surface area (Å²) in [5.74, 6) is 1.03. The summed E-state index contributed by atoms with van der Waals surface area (Å²) in [7, 11) is 0. The molecule has 0 N–H and O–H groups in total. The maximum atomic E-state index is 2.77. The molecule has 0 aromatic heterocycles. The second kappa shape index (κ2) is 7.77. The highest BCUT2D eigenvalue weighted by Crippen LogP contribution is 2.36. The van der Waals surface area contributed by atoms with E-state index < -0.39 is 0 Å². The monoisotopic (exact) mass is 345 g/mol. The number of piperazine rings is 1. The van der Waals surface area contributed by atoms with Crippen LogP contribution in [0.4, 0.5) is 0 Å². The Bertz CT molecular complexity index is 524. The molecule has 1 saturated carbocycles. The van der Waals surface area contributed by atoms with Crippen molar-refractivity contribution < 1.29 is 0 Å². The van der Waals surface area contributed by atoms with Gasteiger partial charge in [-0.2, -0.15) is 0 Å². The molecule has 2 heterocycles. The maximum absolute atomic E-state index is 2.77. The molecule has 2 atom stereocenters. The van der Waals surface area contributed by atoms with Gasteiger partial charge in [0, 0.05) is 63.3 Å². The van der Waals surface area contributed by atoms with Gasteiger partial charge in [-0.1, -0.05) is 12.1 Å². The molecule has 4 heteroatoms. The van der Waals surface area contributed by atoms with Crippen molar-refractivity contribution in [3.05, 3.63) is 29.8 Å². The lowest BCUT2D eigenvalue weighted by Crippen LogP contribution is -2.48. The summed E-state index contributed by atoms with van der Waals surface area (Å²) in [6, 6.07) is 10.0. The van der Waals surface area contributed by atoms with Gasteiger partial charge in [0.05, 0.1) is 0 Å². The number of benzene rings is 1. The molecule has 2 bridgehead atoms. The number of hydrogen-bond acceptors (Lipinski definition) is 4. The van der Waals surface area contributed by atoms with Crippen molar-refractivity contribution in [2.24, 2.45) is 5.92 Å². The average molecular weight is 346 g/mol. The van der Waals surface area contributed by atoms with Crippen LogP contribution in [0.1, 0.15) is 24.8 Å². The predicted octanol–water partition coefficient (Wildman–Crippen LogP) is 3.01. The van der Waals surface area contributed by atoms with Crippen LogP contribution in [0.5, 0.6) is 0 Å². The fraction of sp³-hybridized carbons (Fsp3) is 0.700. The smallest absolute Gasteiger partial charge is 0.0234 e. The minimum Gasteiger partial charge on any atom is -0.300 e. The van der Waals surface area contributed by atoms with Crippen LogP contribution in [0.3, 0.4) is 0 Å². The highest BCUT2D eigenvalue weighted by Gasteiger charge is 2.37. The summed E-state index contributed by atoms with van der Waals surface area (Å²) in [5, 5.41) is 0. The highest BCUT2D eigenvalue weighted by atomic mass is 32.2. The van der Waals surface area contributed by atoms with E-state index in [-0.39, 0.29) is 0 Å². The summed E-state index contributed by atoms with van der Waals surface area (Å²) in [6.45, 7) is 9.99. The third-order valence-electron chi connectivity index (χ3n) is 6.26. The summed E-state index contributed by atoms with van der Waals surface area (Å²) >= 11 is 1.82. The van der Waals surface area contributed by atoms with Crippen LogP contribution in [0.25, 0.3) is 0 Å². The van der Waals surface area contributed by atoms with E-state index in [4.69, 9.17) is 0 Å². The Balaban J connectivity index is 1.17. The second-order valence-electron chi connectivity index (χ2n) is 7.79. The van der Waals surface area contributed by atoms with Crippen LogP contribution in [0, 0.1) is 5.92 Å². The Labute approximate surface area is 151 Å². The molecule has 1 aromatic carbocycles. The maximum Gasteiger partial charge on any atom is 0.0234 e. The van der Waals surface area contributed by atoms with E-state index in [1.807, 2.05) is 11.8 Å². The first-order chi connectivity index (χ1) is 11.8. The first-order valence-corrected chi connectivity index (χ1v) is 10.8. The van der Waals surface area contributed by atoms with Crippen LogP contribution in [0.15, 0.2) is 29.2 Å². The zero-order valence-corrected chi connectivity index (χ0v) is 15.8. The van der Waals surface area contributed by atoms with Crippen molar-refractivity contribution in [2.75, 3.05) is 52.1 Å². The number of fused-ring (bicyclic) bond motifs is 2. The van der Waals surface area contributed by atoms with Gasteiger partial charge in [0.1, 0.15) is 0 Å². The van der Waals surface area contributed by atoms with Crippen LogP contribution < -0.4 is 0 Å². The zero-order chi connectivity index (χ0) is 16.4. The average Bonchev–Trinajstić information content (AvgIpc) is 3.25. The van der Waals surface area contributed by atoms with Crippen molar-refractivity contribution >= 4 is 11.8 Å². The molecule has 2 aliphatic heterocycles. The minimum atomic E-state index is 0.931. The Kier molecular flexibility index (Phi) is 5.47. The van der Waals surface area contributed by atoms with E-state index in [0.717, 1.165) is 18.5 Å². The van der Waals surface area contributed by atoms with Gasteiger partial charge in [0.2, 0.25) is 0 Å². The molecule has 3 aliphatic rings. The fourth-order valence-electron chi connectivity index (χ4n) is 4.73. The number of thioether (sulfide) groups is 1. The number of hydrogen-bond donors (Lipinski definition) is 0. The van der Waals surface area contributed by atoms with Crippen molar-refractivity contribution in [1.82, 2.24) is 14.7 Å². The van der Waals surface area contributed by atoms with Gasteiger partial charge < -0.3 is 0 Å². The standard InChI is InChI=1S/C20H31N3S/c1-24-20-6-3-17(4-7-20)15-22-10-8-21(9-11-22)12-13-23-16-18-2-5-19(23)14-18/h3-4,6-7,18-19H,2,5,8-16H2,1H3/t18-,19+/m0/s1. The number of nitrogens with zero attached hydrogens (tertiary/aromatic N) is 3. The molecule has 1 aromatic rings. The van der Waals surface area contributed by atoms with E-state index in [0.29, 0.717) is 0 Å². The van der Waals surface area contributed by atoms with Crippen LogP contribution in [-0.2, 0) is 6.54 Å². The topological polar surface area (TPSA) is 9.72 Å². The predicted molar refractivity (Wildman–Crippen MR) is 103 cm³/mol. The molecule has 0 amide bonds. The number of piperidine rings is 1. The van der Waals surface area contributed by atoms with Gasteiger partial charge in [0.25, 0.3) is 0 Å². The first kappa shape index (κ1) is 16.9. The lowest BCUT2D eigenvalue weighted by Gasteiger charge is -2.36. The lowest BCUT2D eigenvalue weighted by atomic mass is 10.1. The van der Waals surface area contributed by atoms with Gasteiger partial charge in [-0.05, 0) is 49.1 Å². The lowest BCUT2D eigenvalue weighted by molar-refractivity contribution is 0.107. The van der Waals surface area contributed by atoms with Crippen molar-refractivity contribution in [3.8, 4) is 0 Å². The normalized spacial score (nSPS) is 28.7. The molecule has 2 saturated heterocycles. The molecule has 0 unspecified atom stereocenters. The van der Waals surface area contributed by atoms with Gasteiger partial charge in [-0.3, -0.25) is 14.7 Å². The number of likely N-dealkylation sites (tertiary alicyclic amines) is 1. The van der Waals surface area contributed by atoms with E-state index in [1.165, 1.54) is 75.5 Å². The van der Waals surface area contributed by atoms with E-state index >= 15 is 0 Å². The summed E-state index contributed by atoms with van der Waals surface area (Å²) in [5.41, 5.74) is 1.45. The third-order valence-corrected chi connectivity index (χ3v) is 7.00. The van der Waals surface area contributed by atoms with Crippen molar-refractivity contribution in [1.29, 1.82) is 0 Å². The third kappa shape index (κ3) is 3.98. The molecular weight excluding hydrogens is 314 g/mol. The van der Waals surface area contributed by atoms with Gasteiger partial charge in [-0.15, -0.1) is 11.8 Å². The van der Waals surface area contributed by atoms with Crippen molar-refractivity contribution in [3.63, 3.8) is 0 Å². The highest BCUT2D eigenvalue weighted by molar-refractivity contribution is 7.98. The van der Waals surface area contributed by atoms with Crippen LogP contribution in [0.2, 0.25) is 0 Å². The Hall–Kier alpha value is -0.550. The summed E-state index contributed by atoms with van der Waals surface area (Å²) in [4.78, 5) is 9.43. The van der Waals surface area contributed by atoms with Crippen molar-refractivity contribution in [2.45, 2.75) is 36.7 Å². The van der Waals surface area contributed by atoms with E-state index in [9.17, 15) is 0 Å². The molecule has 1 aliphatic carbocycles. The Morgan fingerprint density at radius 1 is 0.958 bits per heavy atom. The Morgan fingerprint density at radius 3 is 2.33 bits per heavy atom. The van der Waals surface area contributed by atoms with Gasteiger partial charge in [0.15, 0.2) is 0 Å². The van der Waals surface area contributed by atoms with Gasteiger partial charge >= 0.3 is 0 Å². The molecule has 4 rings (SSSR count). The molecule has 0 radical (unpaired) electrons. The van der Waals surface area contributed by atoms with E-state index in [1.54, 1.807) is 0 Å². The second-order valence-corrected chi connectivity index (χ2v) is 8.67. The number of rotatable bonds is 6. The fourth-order valence-corrected chi connectivity index (χ4v) is 5.14. The van der Waals surface area contributed by atoms with Crippen LogP contribution in [-0.4, -0.2) is 72.8 Å². The minimum absolute atomic E-state index is 0.931. The summed E-state index contributed by atoms with van der Waals surface area (Å²) in [6.07, 6.45) is 6.59. The molecule has 0 spiro atoms. The largest absolute Gasteiger partial charge is 0.300 e. The molecule has 132 valence electrons. The zero-order valence-electron chi connectivity index (χ0n) is 15.0. The quantitative estimate of drug-likeness (QED) is 0.733. The molecule has 3 fully saturated rings. The summed E-state index contributed by atoms with van der Waals surface area (Å²) < 4.78 is 0.